The molecule has 4 rings (SSSR count). The first kappa shape index (κ1) is 14.4. The van der Waals surface area contributed by atoms with Crippen LogP contribution in [0.1, 0.15) is 15.9 Å². The van der Waals surface area contributed by atoms with Gasteiger partial charge in [-0.2, -0.15) is 0 Å². The molecule has 0 aliphatic carbocycles. The maximum Gasteiger partial charge on any atom is 0.255 e. The van der Waals surface area contributed by atoms with Crippen molar-refractivity contribution in [2.45, 2.75) is 6.92 Å². The highest BCUT2D eigenvalue weighted by molar-refractivity contribution is 5.95. The molecule has 0 unspecified atom stereocenters. The first-order valence-corrected chi connectivity index (χ1v) is 8.23. The third-order valence-electron chi connectivity index (χ3n) is 5.05. The highest BCUT2D eigenvalue weighted by Gasteiger charge is 2.38. The Balaban J connectivity index is 1.56. The Morgan fingerprint density at radius 2 is 1.78 bits per heavy atom. The van der Waals surface area contributed by atoms with E-state index in [1.54, 1.807) is 6.20 Å². The lowest BCUT2D eigenvalue weighted by Gasteiger charge is -2.17. The molecule has 0 spiro atoms. The number of nitrogens with one attached hydrogen (secondary N) is 1. The van der Waals surface area contributed by atoms with Gasteiger partial charge >= 0.3 is 0 Å². The van der Waals surface area contributed by atoms with Gasteiger partial charge in [-0.05, 0) is 30.4 Å². The number of nitrogens with zero attached hydrogens (tertiary/aromatic N) is 2. The van der Waals surface area contributed by atoms with E-state index >= 15 is 0 Å². The summed E-state index contributed by atoms with van der Waals surface area (Å²) in [6.45, 7) is 5.88. The molecule has 0 bridgehead atoms. The summed E-state index contributed by atoms with van der Waals surface area (Å²) in [6.07, 6.45) is 3.51. The van der Waals surface area contributed by atoms with Crippen molar-refractivity contribution in [3.63, 3.8) is 0 Å². The zero-order valence-electron chi connectivity index (χ0n) is 13.3. The molecular weight excluding hydrogens is 286 g/mol. The molecule has 3 heterocycles. The Bertz CT molecular complexity index is 714. The van der Waals surface area contributed by atoms with Crippen LogP contribution >= 0.6 is 0 Å². The minimum absolute atomic E-state index is 0.112. The van der Waals surface area contributed by atoms with E-state index in [1.807, 2.05) is 17.2 Å². The minimum atomic E-state index is 0.112. The van der Waals surface area contributed by atoms with E-state index < -0.39 is 0 Å². The lowest BCUT2D eigenvalue weighted by Crippen LogP contribution is -2.31. The number of pyridine rings is 1. The average molecular weight is 307 g/mol. The number of carbonyl (C=O) groups is 1. The molecule has 23 heavy (non-hydrogen) atoms. The second-order valence-corrected chi connectivity index (χ2v) is 6.72. The van der Waals surface area contributed by atoms with Crippen LogP contribution in [0.3, 0.4) is 0 Å². The Hall–Kier alpha value is -2.20. The van der Waals surface area contributed by atoms with Crippen molar-refractivity contribution in [3.8, 4) is 11.1 Å². The Kier molecular flexibility index (Phi) is 3.62. The molecular formula is C19H21N3O. The van der Waals surface area contributed by atoms with Crippen LogP contribution in [-0.4, -0.2) is 42.0 Å². The van der Waals surface area contributed by atoms with Gasteiger partial charge in [0, 0.05) is 44.1 Å². The quantitative estimate of drug-likeness (QED) is 0.926. The molecule has 1 N–H and O–H groups in total. The summed E-state index contributed by atoms with van der Waals surface area (Å²) in [6, 6.07) is 10.3. The average Bonchev–Trinajstić information content (AvgIpc) is 3.16. The molecule has 0 saturated carbocycles. The van der Waals surface area contributed by atoms with Crippen molar-refractivity contribution in [1.29, 1.82) is 0 Å². The van der Waals surface area contributed by atoms with Crippen LogP contribution in [0.15, 0.2) is 42.7 Å². The number of carbonyl (C=O) groups excluding carboxylic acids is 1. The van der Waals surface area contributed by atoms with Crippen LogP contribution in [0.5, 0.6) is 0 Å². The van der Waals surface area contributed by atoms with Crippen LogP contribution in [0, 0.1) is 18.8 Å². The van der Waals surface area contributed by atoms with Gasteiger partial charge in [-0.3, -0.25) is 9.78 Å². The highest BCUT2D eigenvalue weighted by Crippen LogP contribution is 2.28. The predicted molar refractivity (Wildman–Crippen MR) is 90.2 cm³/mol. The van der Waals surface area contributed by atoms with E-state index in [0.29, 0.717) is 17.4 Å². The van der Waals surface area contributed by atoms with Crippen LogP contribution in [0.25, 0.3) is 11.1 Å². The summed E-state index contributed by atoms with van der Waals surface area (Å²) in [7, 11) is 0. The second kappa shape index (κ2) is 5.78. The molecule has 118 valence electrons. The summed E-state index contributed by atoms with van der Waals surface area (Å²) < 4.78 is 0. The van der Waals surface area contributed by atoms with Gasteiger partial charge in [0.2, 0.25) is 0 Å². The zero-order chi connectivity index (χ0) is 15.8. The minimum Gasteiger partial charge on any atom is -0.338 e. The molecule has 2 fully saturated rings. The molecule has 4 heteroatoms. The molecule has 2 saturated heterocycles. The molecule has 0 radical (unpaired) electrons. The first-order chi connectivity index (χ1) is 11.2. The number of fused-ring (bicyclic) bond motifs is 1. The van der Waals surface area contributed by atoms with E-state index in [1.165, 1.54) is 5.56 Å². The molecule has 2 aromatic rings. The molecule has 2 atom stereocenters. The van der Waals surface area contributed by atoms with Gasteiger partial charge in [-0.1, -0.05) is 29.8 Å². The lowest BCUT2D eigenvalue weighted by atomic mass is 10.0. The normalized spacial score (nSPS) is 23.1. The van der Waals surface area contributed by atoms with Crippen molar-refractivity contribution >= 4 is 5.91 Å². The standard InChI is InChI=1S/C19H21N3O/c1-13-2-4-14(5-3-13)15-6-16(8-20-7-15)19(23)22-11-17-9-21-10-18(17)12-22/h2-8,17-18,21H,9-12H2,1H3/t17-,18+. The number of hydrogen-bond donors (Lipinski definition) is 1. The van der Waals surface area contributed by atoms with Gasteiger partial charge in [0.1, 0.15) is 0 Å². The van der Waals surface area contributed by atoms with E-state index in [4.69, 9.17) is 0 Å². The van der Waals surface area contributed by atoms with Crippen molar-refractivity contribution in [2.24, 2.45) is 11.8 Å². The summed E-state index contributed by atoms with van der Waals surface area (Å²) in [5, 5.41) is 3.41. The molecule has 2 aliphatic heterocycles. The van der Waals surface area contributed by atoms with Gasteiger partial charge in [0.15, 0.2) is 0 Å². The highest BCUT2D eigenvalue weighted by atomic mass is 16.2. The molecule has 1 aromatic carbocycles. The van der Waals surface area contributed by atoms with Crippen molar-refractivity contribution in [2.75, 3.05) is 26.2 Å². The van der Waals surface area contributed by atoms with Gasteiger partial charge in [-0.25, -0.2) is 0 Å². The smallest absolute Gasteiger partial charge is 0.255 e. The monoisotopic (exact) mass is 307 g/mol. The fourth-order valence-electron chi connectivity index (χ4n) is 3.66. The maximum atomic E-state index is 12.8. The summed E-state index contributed by atoms with van der Waals surface area (Å²) in [4.78, 5) is 19.1. The van der Waals surface area contributed by atoms with Gasteiger partial charge < -0.3 is 10.2 Å². The number of aryl methyl sites for hydroxylation is 1. The number of benzene rings is 1. The number of aromatic nitrogens is 1. The van der Waals surface area contributed by atoms with E-state index in [2.05, 4.69) is 41.5 Å². The summed E-state index contributed by atoms with van der Waals surface area (Å²) >= 11 is 0. The van der Waals surface area contributed by atoms with Crippen molar-refractivity contribution < 1.29 is 4.79 Å². The van der Waals surface area contributed by atoms with Crippen molar-refractivity contribution in [1.82, 2.24) is 15.2 Å². The van der Waals surface area contributed by atoms with Gasteiger partial charge in [0.25, 0.3) is 5.91 Å². The predicted octanol–water partition coefficient (Wildman–Crippen LogP) is 2.35. The zero-order valence-corrected chi connectivity index (χ0v) is 13.3. The maximum absolute atomic E-state index is 12.8. The first-order valence-electron chi connectivity index (χ1n) is 8.23. The van der Waals surface area contributed by atoms with Crippen LogP contribution in [-0.2, 0) is 0 Å². The van der Waals surface area contributed by atoms with Crippen molar-refractivity contribution in [3.05, 3.63) is 53.9 Å². The fourth-order valence-corrected chi connectivity index (χ4v) is 3.66. The Morgan fingerprint density at radius 3 is 2.48 bits per heavy atom. The number of likely N-dealkylation sites (tertiary alicyclic amines) is 1. The largest absolute Gasteiger partial charge is 0.338 e. The summed E-state index contributed by atoms with van der Waals surface area (Å²) in [5.41, 5.74) is 4.01. The number of rotatable bonds is 2. The van der Waals surface area contributed by atoms with Gasteiger partial charge in [-0.15, -0.1) is 0 Å². The lowest BCUT2D eigenvalue weighted by molar-refractivity contribution is 0.0781. The number of hydrogen-bond acceptors (Lipinski definition) is 3. The van der Waals surface area contributed by atoms with Crippen LogP contribution in [0.2, 0.25) is 0 Å². The number of amides is 1. The van der Waals surface area contributed by atoms with E-state index in [-0.39, 0.29) is 5.91 Å². The molecule has 1 amide bonds. The Labute approximate surface area is 136 Å². The topological polar surface area (TPSA) is 45.2 Å². The molecule has 4 nitrogen and oxygen atoms in total. The fraction of sp³-hybridized carbons (Fsp3) is 0.368. The van der Waals surface area contributed by atoms with Crippen LogP contribution < -0.4 is 5.32 Å². The Morgan fingerprint density at radius 1 is 1.09 bits per heavy atom. The SMILES string of the molecule is Cc1ccc(-c2cncc(C(=O)N3C[C@H]4CNC[C@H]4C3)c2)cc1. The third-order valence-corrected chi connectivity index (χ3v) is 5.05. The van der Waals surface area contributed by atoms with E-state index in [0.717, 1.165) is 37.3 Å². The molecule has 1 aromatic heterocycles. The van der Waals surface area contributed by atoms with E-state index in [9.17, 15) is 4.79 Å². The second-order valence-electron chi connectivity index (χ2n) is 6.72. The van der Waals surface area contributed by atoms with Crippen LogP contribution in [0.4, 0.5) is 0 Å². The van der Waals surface area contributed by atoms with Gasteiger partial charge in [0.05, 0.1) is 5.56 Å². The third kappa shape index (κ3) is 2.75. The summed E-state index contributed by atoms with van der Waals surface area (Å²) in [5.74, 6) is 1.35. The molecule has 2 aliphatic rings.